The Labute approximate surface area is 197 Å². The molecule has 0 spiro atoms. The number of hydrogen-bond donors (Lipinski definition) is 3. The Morgan fingerprint density at radius 3 is 2.71 bits per heavy atom. The van der Waals surface area contributed by atoms with E-state index in [2.05, 4.69) is 31.6 Å². The molecule has 5 rings (SSSR count). The van der Waals surface area contributed by atoms with Gasteiger partial charge in [0.15, 0.2) is 11.0 Å². The lowest BCUT2D eigenvalue weighted by molar-refractivity contribution is 0.604. The highest BCUT2D eigenvalue weighted by Gasteiger charge is 2.37. The second-order valence-electron chi connectivity index (χ2n) is 7.99. The average Bonchev–Trinajstić information content (AvgIpc) is 3.57. The molecule has 0 amide bonds. The van der Waals surface area contributed by atoms with Crippen LogP contribution in [-0.4, -0.2) is 29.7 Å². The van der Waals surface area contributed by atoms with Gasteiger partial charge in [-0.1, -0.05) is 17.7 Å². The van der Waals surface area contributed by atoms with E-state index in [9.17, 15) is 15.3 Å². The summed E-state index contributed by atoms with van der Waals surface area (Å²) >= 11 is 6.12. The Balaban J connectivity index is 1.79. The lowest BCUT2D eigenvalue weighted by atomic mass is 10.1. The molecule has 3 heterocycles. The molecule has 1 aromatic carbocycles. The molecule has 4 N–H and O–H groups in total. The maximum absolute atomic E-state index is 13.7. The first-order valence-electron chi connectivity index (χ1n) is 10.4. The Kier molecular flexibility index (Phi) is 5.11. The maximum atomic E-state index is 13.7. The first-order valence-corrected chi connectivity index (χ1v) is 10.8. The zero-order valence-electron chi connectivity index (χ0n) is 17.9. The van der Waals surface area contributed by atoms with Crippen molar-refractivity contribution in [2.75, 3.05) is 11.1 Å². The van der Waals surface area contributed by atoms with Crippen LogP contribution in [0.2, 0.25) is 5.15 Å². The summed E-state index contributed by atoms with van der Waals surface area (Å²) in [7, 11) is 0. The molecule has 0 saturated heterocycles. The fourth-order valence-corrected chi connectivity index (χ4v) is 4.15. The highest BCUT2D eigenvalue weighted by molar-refractivity contribution is 6.31. The summed E-state index contributed by atoms with van der Waals surface area (Å²) in [5.74, 6) is 0.959. The summed E-state index contributed by atoms with van der Waals surface area (Å²) in [4.78, 5) is 26.5. The molecule has 3 aromatic heterocycles. The van der Waals surface area contributed by atoms with Crippen molar-refractivity contribution < 1.29 is 0 Å². The van der Waals surface area contributed by atoms with Crippen molar-refractivity contribution in [3.63, 3.8) is 0 Å². The highest BCUT2D eigenvalue weighted by atomic mass is 35.5. The number of nitriles is 2. The number of nitrogens with zero attached hydrogens (tertiary/aromatic N) is 7. The third-order valence-electron chi connectivity index (χ3n) is 5.73. The molecule has 1 saturated carbocycles. The van der Waals surface area contributed by atoms with Crippen molar-refractivity contribution in [1.29, 1.82) is 10.5 Å². The number of H-pyrrole nitrogens is 1. The SMILES string of the molecule is Cc1cn[nH]c1-n1c([C@@H](Nc2nc(N)nc(Cl)c2C#N)C2CC2)nc2c(C#N)cccc2c1=O. The number of halogens is 1. The standard InChI is InChI=1S/C22H17ClN10O/c1-10-9-27-32-19(10)33-20(29-15-12(7-24)3-2-4-13(15)21(33)34)16(11-5-6-11)28-18-14(8-25)17(23)30-22(26)31-18/h2-4,9,11,16H,5-6H2,1H3,(H,27,32)(H3,26,28,30,31)/t16-/m0/s1. The number of nitrogens with two attached hydrogens (primary N) is 1. The van der Waals surface area contributed by atoms with E-state index < -0.39 is 6.04 Å². The lowest BCUT2D eigenvalue weighted by Gasteiger charge is -2.23. The van der Waals surface area contributed by atoms with Crippen molar-refractivity contribution in [3.8, 4) is 18.0 Å². The zero-order chi connectivity index (χ0) is 24.0. The Hall–Kier alpha value is -4.48. The number of rotatable bonds is 5. The molecule has 1 fully saturated rings. The third-order valence-corrected chi connectivity index (χ3v) is 6.00. The van der Waals surface area contributed by atoms with Crippen LogP contribution >= 0.6 is 11.6 Å². The van der Waals surface area contributed by atoms with Crippen molar-refractivity contribution >= 4 is 34.3 Å². The number of aromatic nitrogens is 6. The summed E-state index contributed by atoms with van der Waals surface area (Å²) < 4.78 is 1.46. The fraction of sp³-hybridized carbons (Fsp3) is 0.227. The molecule has 0 unspecified atom stereocenters. The minimum absolute atomic E-state index is 0.0339. The van der Waals surface area contributed by atoms with Crippen LogP contribution in [0.15, 0.2) is 29.2 Å². The van der Waals surface area contributed by atoms with Crippen LogP contribution in [-0.2, 0) is 0 Å². The molecule has 0 bridgehead atoms. The van der Waals surface area contributed by atoms with Crippen LogP contribution in [0.4, 0.5) is 11.8 Å². The molecule has 34 heavy (non-hydrogen) atoms. The van der Waals surface area contributed by atoms with Gasteiger partial charge in [0, 0.05) is 5.56 Å². The monoisotopic (exact) mass is 472 g/mol. The highest BCUT2D eigenvalue weighted by Crippen LogP contribution is 2.43. The molecular weight excluding hydrogens is 456 g/mol. The van der Waals surface area contributed by atoms with E-state index in [-0.39, 0.29) is 39.5 Å². The van der Waals surface area contributed by atoms with Crippen LogP contribution in [0.3, 0.4) is 0 Å². The molecular formula is C22H17ClN10O. The number of nitrogen functional groups attached to an aromatic ring is 1. The predicted molar refractivity (Wildman–Crippen MR) is 124 cm³/mol. The molecule has 4 aromatic rings. The maximum Gasteiger partial charge on any atom is 0.267 e. The van der Waals surface area contributed by atoms with Gasteiger partial charge >= 0.3 is 0 Å². The molecule has 0 radical (unpaired) electrons. The molecule has 0 aliphatic heterocycles. The van der Waals surface area contributed by atoms with E-state index in [0.717, 1.165) is 18.4 Å². The minimum atomic E-state index is -0.538. The van der Waals surface area contributed by atoms with Crippen LogP contribution < -0.4 is 16.6 Å². The van der Waals surface area contributed by atoms with Gasteiger partial charge in [-0.3, -0.25) is 9.89 Å². The molecule has 11 nitrogen and oxygen atoms in total. The Bertz CT molecular complexity index is 1590. The van der Waals surface area contributed by atoms with Crippen molar-refractivity contribution in [2.45, 2.75) is 25.8 Å². The van der Waals surface area contributed by atoms with E-state index in [1.54, 1.807) is 24.4 Å². The quantitative estimate of drug-likeness (QED) is 0.368. The van der Waals surface area contributed by atoms with Crippen molar-refractivity contribution in [2.24, 2.45) is 5.92 Å². The van der Waals surface area contributed by atoms with E-state index in [4.69, 9.17) is 22.3 Å². The number of hydrogen-bond acceptors (Lipinski definition) is 9. The summed E-state index contributed by atoms with van der Waals surface area (Å²) in [6.45, 7) is 1.82. The van der Waals surface area contributed by atoms with E-state index in [0.29, 0.717) is 22.5 Å². The van der Waals surface area contributed by atoms with E-state index in [1.165, 1.54) is 4.57 Å². The zero-order valence-corrected chi connectivity index (χ0v) is 18.6. The summed E-state index contributed by atoms with van der Waals surface area (Å²) in [5, 5.41) is 29.6. The summed E-state index contributed by atoms with van der Waals surface area (Å²) in [5.41, 5.74) is 6.78. The molecule has 168 valence electrons. The van der Waals surface area contributed by atoms with Gasteiger partial charge in [-0.15, -0.1) is 0 Å². The number of fused-ring (bicyclic) bond motifs is 1. The predicted octanol–water partition coefficient (Wildman–Crippen LogP) is 2.75. The number of anilines is 2. The van der Waals surface area contributed by atoms with Gasteiger partial charge in [-0.05, 0) is 37.8 Å². The second kappa shape index (κ2) is 8.14. The molecule has 1 aliphatic carbocycles. The first-order chi connectivity index (χ1) is 16.4. The van der Waals surface area contributed by atoms with Gasteiger partial charge in [-0.25, -0.2) is 9.55 Å². The van der Waals surface area contributed by atoms with Crippen molar-refractivity contribution in [1.82, 2.24) is 29.7 Å². The van der Waals surface area contributed by atoms with Gasteiger partial charge < -0.3 is 11.1 Å². The van der Waals surface area contributed by atoms with Crippen LogP contribution in [0, 0.1) is 35.5 Å². The van der Waals surface area contributed by atoms with Crippen molar-refractivity contribution in [3.05, 3.63) is 62.4 Å². The second-order valence-corrected chi connectivity index (χ2v) is 8.35. The Morgan fingerprint density at radius 1 is 1.26 bits per heavy atom. The van der Waals surface area contributed by atoms with E-state index >= 15 is 0 Å². The Morgan fingerprint density at radius 2 is 2.06 bits per heavy atom. The average molecular weight is 473 g/mol. The summed E-state index contributed by atoms with van der Waals surface area (Å²) in [6, 6.07) is 8.46. The topological polar surface area (TPSA) is 175 Å². The van der Waals surface area contributed by atoms with Crippen LogP contribution in [0.5, 0.6) is 0 Å². The number of para-hydroxylation sites is 1. The van der Waals surface area contributed by atoms with Crippen LogP contribution in [0.25, 0.3) is 16.7 Å². The number of aryl methyl sites for hydroxylation is 1. The normalized spacial score (nSPS) is 13.9. The first kappa shape index (κ1) is 21.4. The van der Waals surface area contributed by atoms with E-state index in [1.807, 2.05) is 13.0 Å². The number of aromatic amines is 1. The minimum Gasteiger partial charge on any atom is -0.368 e. The lowest BCUT2D eigenvalue weighted by Crippen LogP contribution is -2.30. The van der Waals surface area contributed by atoms with Crippen LogP contribution in [0.1, 0.15) is 41.4 Å². The largest absolute Gasteiger partial charge is 0.368 e. The fourth-order valence-electron chi connectivity index (χ4n) is 3.93. The summed E-state index contributed by atoms with van der Waals surface area (Å²) in [6.07, 6.45) is 3.34. The number of nitrogens with one attached hydrogen (secondary N) is 2. The molecule has 1 aliphatic rings. The molecule has 1 atom stereocenters. The van der Waals surface area contributed by atoms with Gasteiger partial charge in [-0.2, -0.15) is 25.6 Å². The smallest absolute Gasteiger partial charge is 0.267 e. The van der Waals surface area contributed by atoms with Gasteiger partial charge in [0.1, 0.15) is 29.3 Å². The third kappa shape index (κ3) is 3.49. The van der Waals surface area contributed by atoms with Gasteiger partial charge in [0.05, 0.1) is 28.7 Å². The van der Waals surface area contributed by atoms with Gasteiger partial charge in [0.2, 0.25) is 5.95 Å². The van der Waals surface area contributed by atoms with Gasteiger partial charge in [0.25, 0.3) is 5.56 Å². The molecule has 12 heteroatoms. The number of benzene rings is 1.